The van der Waals surface area contributed by atoms with Gasteiger partial charge in [0.1, 0.15) is 5.82 Å². The molecule has 0 saturated heterocycles. The SMILES string of the molecule is Fc1cc2c(C(F)F)c(F)ccc2s1. The Morgan fingerprint density at radius 2 is 1.86 bits per heavy atom. The van der Waals surface area contributed by atoms with Gasteiger partial charge in [-0.05, 0) is 18.2 Å². The smallest absolute Gasteiger partial charge is 0.206 e. The standard InChI is InChI=1S/C9H4F4S/c10-5-1-2-6-4(3-7(11)14-6)8(5)9(12)13/h1-3,9H. The van der Waals surface area contributed by atoms with Crippen molar-refractivity contribution < 1.29 is 17.6 Å². The predicted octanol–water partition coefficient (Wildman–Crippen LogP) is 4.12. The molecule has 74 valence electrons. The number of fused-ring (bicyclic) bond motifs is 1. The fraction of sp³-hybridized carbons (Fsp3) is 0.111. The maximum absolute atomic E-state index is 13.0. The van der Waals surface area contributed by atoms with Gasteiger partial charge in [0.2, 0.25) is 0 Å². The molecule has 0 fully saturated rings. The van der Waals surface area contributed by atoms with E-state index in [0.717, 1.165) is 23.5 Å². The third-order valence-corrected chi connectivity index (χ3v) is 2.77. The maximum Gasteiger partial charge on any atom is 0.267 e. The van der Waals surface area contributed by atoms with Crippen molar-refractivity contribution >= 4 is 21.4 Å². The molecule has 2 rings (SSSR count). The Balaban J connectivity index is 2.82. The first-order valence-electron chi connectivity index (χ1n) is 3.75. The average Bonchev–Trinajstić information content (AvgIpc) is 2.43. The van der Waals surface area contributed by atoms with Crippen LogP contribution in [-0.4, -0.2) is 0 Å². The molecule has 1 heterocycles. The van der Waals surface area contributed by atoms with E-state index in [4.69, 9.17) is 0 Å². The summed E-state index contributed by atoms with van der Waals surface area (Å²) in [6.45, 7) is 0. The van der Waals surface area contributed by atoms with Crippen LogP contribution in [0.4, 0.5) is 17.6 Å². The molecule has 14 heavy (non-hydrogen) atoms. The Hall–Kier alpha value is -1.10. The van der Waals surface area contributed by atoms with Crippen LogP contribution < -0.4 is 0 Å². The summed E-state index contributed by atoms with van der Waals surface area (Å²) in [6, 6.07) is 3.16. The first kappa shape index (κ1) is 9.45. The molecule has 0 atom stereocenters. The molecule has 1 aromatic heterocycles. The van der Waals surface area contributed by atoms with Gasteiger partial charge in [0.05, 0.1) is 5.56 Å². The number of benzene rings is 1. The van der Waals surface area contributed by atoms with Crippen LogP contribution >= 0.6 is 11.3 Å². The quantitative estimate of drug-likeness (QED) is 0.634. The van der Waals surface area contributed by atoms with Gasteiger partial charge in [-0.15, -0.1) is 11.3 Å². The summed E-state index contributed by atoms with van der Waals surface area (Å²) in [4.78, 5) is 0. The molecule has 0 N–H and O–H groups in total. The minimum Gasteiger partial charge on any atom is -0.206 e. The Kier molecular flexibility index (Phi) is 2.19. The molecule has 0 spiro atoms. The van der Waals surface area contributed by atoms with Crippen LogP contribution in [0.5, 0.6) is 0 Å². The van der Waals surface area contributed by atoms with Crippen molar-refractivity contribution in [2.75, 3.05) is 0 Å². The van der Waals surface area contributed by atoms with Crippen molar-refractivity contribution in [2.45, 2.75) is 6.43 Å². The van der Waals surface area contributed by atoms with Crippen LogP contribution in [0.2, 0.25) is 0 Å². The number of halogens is 4. The molecule has 2 aromatic rings. The lowest BCUT2D eigenvalue weighted by Crippen LogP contribution is -1.90. The minimum atomic E-state index is -2.92. The van der Waals surface area contributed by atoms with Crippen LogP contribution in [0.25, 0.3) is 10.1 Å². The Bertz CT molecular complexity index is 475. The maximum atomic E-state index is 13.0. The fourth-order valence-corrected chi connectivity index (χ4v) is 2.10. The summed E-state index contributed by atoms with van der Waals surface area (Å²) in [5.74, 6) is -0.995. The number of rotatable bonds is 1. The Morgan fingerprint density at radius 3 is 2.50 bits per heavy atom. The molecule has 0 radical (unpaired) electrons. The largest absolute Gasteiger partial charge is 0.267 e. The monoisotopic (exact) mass is 220 g/mol. The molecule has 1 aromatic carbocycles. The van der Waals surface area contributed by atoms with Crippen LogP contribution in [0.3, 0.4) is 0 Å². The zero-order valence-corrected chi connectivity index (χ0v) is 7.55. The van der Waals surface area contributed by atoms with Gasteiger partial charge < -0.3 is 0 Å². The average molecular weight is 220 g/mol. The van der Waals surface area contributed by atoms with E-state index in [0.29, 0.717) is 4.70 Å². The summed E-state index contributed by atoms with van der Waals surface area (Å²) in [5.41, 5.74) is -0.720. The van der Waals surface area contributed by atoms with Crippen LogP contribution in [0.1, 0.15) is 12.0 Å². The minimum absolute atomic E-state index is 0.0394. The highest BCUT2D eigenvalue weighted by molar-refractivity contribution is 7.17. The van der Waals surface area contributed by atoms with Crippen molar-refractivity contribution in [1.82, 2.24) is 0 Å². The number of hydrogen-bond donors (Lipinski definition) is 0. The molecular weight excluding hydrogens is 216 g/mol. The topological polar surface area (TPSA) is 0 Å². The zero-order valence-electron chi connectivity index (χ0n) is 6.73. The van der Waals surface area contributed by atoms with Gasteiger partial charge in [-0.1, -0.05) is 0 Å². The molecule has 0 aliphatic rings. The van der Waals surface area contributed by atoms with Crippen molar-refractivity contribution in [2.24, 2.45) is 0 Å². The number of hydrogen-bond acceptors (Lipinski definition) is 1. The molecule has 5 heteroatoms. The summed E-state index contributed by atoms with van der Waals surface area (Å²) in [6.07, 6.45) is -2.92. The van der Waals surface area contributed by atoms with Gasteiger partial charge in [0.15, 0.2) is 5.13 Å². The van der Waals surface area contributed by atoms with Crippen LogP contribution in [0, 0.1) is 10.9 Å². The molecule has 0 unspecified atom stereocenters. The van der Waals surface area contributed by atoms with Gasteiger partial charge in [-0.2, -0.15) is 4.39 Å². The molecule has 0 aliphatic heterocycles. The highest BCUT2D eigenvalue weighted by atomic mass is 32.1. The summed E-state index contributed by atoms with van der Waals surface area (Å²) in [5, 5.41) is -0.630. The lowest BCUT2D eigenvalue weighted by Gasteiger charge is -2.02. The van der Waals surface area contributed by atoms with E-state index in [2.05, 4.69) is 0 Å². The highest BCUT2D eigenvalue weighted by Gasteiger charge is 2.18. The second-order valence-electron chi connectivity index (χ2n) is 2.72. The van der Waals surface area contributed by atoms with E-state index in [1.807, 2.05) is 0 Å². The normalized spacial score (nSPS) is 11.5. The second-order valence-corrected chi connectivity index (χ2v) is 3.76. The van der Waals surface area contributed by atoms with E-state index in [9.17, 15) is 17.6 Å². The van der Waals surface area contributed by atoms with Crippen LogP contribution in [-0.2, 0) is 0 Å². The lowest BCUT2D eigenvalue weighted by atomic mass is 10.1. The fourth-order valence-electron chi connectivity index (χ4n) is 1.30. The molecule has 0 saturated carbocycles. The third-order valence-electron chi connectivity index (χ3n) is 1.88. The highest BCUT2D eigenvalue weighted by Crippen LogP contribution is 2.34. The molecule has 0 bridgehead atoms. The third kappa shape index (κ3) is 1.37. The molecule has 0 amide bonds. The van der Waals surface area contributed by atoms with Crippen molar-refractivity contribution in [3.8, 4) is 0 Å². The van der Waals surface area contributed by atoms with E-state index < -0.39 is 22.9 Å². The van der Waals surface area contributed by atoms with Gasteiger partial charge in [0, 0.05) is 10.1 Å². The van der Waals surface area contributed by atoms with E-state index in [1.54, 1.807) is 0 Å². The van der Waals surface area contributed by atoms with E-state index >= 15 is 0 Å². The summed E-state index contributed by atoms with van der Waals surface area (Å²) in [7, 11) is 0. The zero-order chi connectivity index (χ0) is 10.3. The van der Waals surface area contributed by atoms with Crippen LogP contribution in [0.15, 0.2) is 18.2 Å². The molecular formula is C9H4F4S. The number of thiophene rings is 1. The van der Waals surface area contributed by atoms with E-state index in [1.165, 1.54) is 6.07 Å². The first-order chi connectivity index (χ1) is 6.59. The number of alkyl halides is 2. The van der Waals surface area contributed by atoms with Gasteiger partial charge in [-0.3, -0.25) is 0 Å². The summed E-state index contributed by atoms with van der Waals surface area (Å²) < 4.78 is 50.9. The molecule has 0 nitrogen and oxygen atoms in total. The Labute approximate surface area is 80.8 Å². The van der Waals surface area contributed by atoms with E-state index in [-0.39, 0.29) is 5.39 Å². The van der Waals surface area contributed by atoms with Crippen molar-refractivity contribution in [1.29, 1.82) is 0 Å². The summed E-state index contributed by atoms with van der Waals surface area (Å²) >= 11 is 0.726. The predicted molar refractivity (Wildman–Crippen MR) is 46.7 cm³/mol. The van der Waals surface area contributed by atoms with Gasteiger partial charge >= 0.3 is 0 Å². The Morgan fingerprint density at radius 1 is 1.14 bits per heavy atom. The second kappa shape index (κ2) is 3.24. The molecule has 0 aliphatic carbocycles. The van der Waals surface area contributed by atoms with Gasteiger partial charge in [-0.25, -0.2) is 13.2 Å². The first-order valence-corrected chi connectivity index (χ1v) is 4.57. The van der Waals surface area contributed by atoms with Crippen molar-refractivity contribution in [3.05, 3.63) is 34.7 Å². The van der Waals surface area contributed by atoms with Crippen molar-refractivity contribution in [3.63, 3.8) is 0 Å². The lowest BCUT2D eigenvalue weighted by molar-refractivity contribution is 0.148. The van der Waals surface area contributed by atoms with Gasteiger partial charge in [0.25, 0.3) is 6.43 Å².